The lowest BCUT2D eigenvalue weighted by Gasteiger charge is -2.13. The molecule has 94 valence electrons. The van der Waals surface area contributed by atoms with Gasteiger partial charge in [0, 0.05) is 12.6 Å². The molecule has 0 saturated heterocycles. The lowest BCUT2D eigenvalue weighted by molar-refractivity contribution is -0.384. The Morgan fingerprint density at radius 2 is 2.35 bits per heavy atom. The molecule has 0 aliphatic heterocycles. The molecule has 0 amide bonds. The van der Waals surface area contributed by atoms with Crippen molar-refractivity contribution in [2.45, 2.75) is 19.9 Å². The molecule has 1 unspecified atom stereocenters. The summed E-state index contributed by atoms with van der Waals surface area (Å²) >= 11 is 5.65. The van der Waals surface area contributed by atoms with Gasteiger partial charge in [0.15, 0.2) is 0 Å². The molecule has 7 nitrogen and oxygen atoms in total. The van der Waals surface area contributed by atoms with Crippen LogP contribution in [0.1, 0.15) is 13.8 Å². The number of nitro groups is 1. The summed E-state index contributed by atoms with van der Waals surface area (Å²) in [7, 11) is 0. The number of halogens is 1. The maximum Gasteiger partial charge on any atom is 0.348 e. The maximum absolute atomic E-state index is 10.8. The van der Waals surface area contributed by atoms with Gasteiger partial charge in [0.1, 0.15) is 6.33 Å². The standard InChI is InChI=1S/C9H13ClN4O3/c1-3-17-4-6(2)13-9-7(14(15)16)8(10)11-5-12-9/h5-6H,3-4H2,1-2H3,(H,11,12,13). The summed E-state index contributed by atoms with van der Waals surface area (Å²) in [5.41, 5.74) is -0.322. The van der Waals surface area contributed by atoms with Crippen LogP contribution in [0.4, 0.5) is 11.5 Å². The minimum absolute atomic E-state index is 0.0993. The zero-order valence-corrected chi connectivity index (χ0v) is 10.3. The predicted octanol–water partition coefficient (Wildman–Crippen LogP) is 1.88. The van der Waals surface area contributed by atoms with E-state index in [0.29, 0.717) is 13.2 Å². The molecule has 17 heavy (non-hydrogen) atoms. The van der Waals surface area contributed by atoms with Gasteiger partial charge >= 0.3 is 5.69 Å². The smallest absolute Gasteiger partial charge is 0.348 e. The zero-order chi connectivity index (χ0) is 12.8. The first kappa shape index (κ1) is 13.6. The third kappa shape index (κ3) is 3.79. The van der Waals surface area contributed by atoms with Crippen molar-refractivity contribution in [1.82, 2.24) is 9.97 Å². The van der Waals surface area contributed by atoms with Crippen molar-refractivity contribution in [2.24, 2.45) is 0 Å². The first-order valence-corrected chi connectivity index (χ1v) is 5.43. The van der Waals surface area contributed by atoms with E-state index >= 15 is 0 Å². The number of nitrogens with one attached hydrogen (secondary N) is 1. The Labute approximate surface area is 103 Å². The minimum Gasteiger partial charge on any atom is -0.380 e. The van der Waals surface area contributed by atoms with Crippen LogP contribution in [-0.2, 0) is 4.74 Å². The van der Waals surface area contributed by atoms with Crippen LogP contribution in [0.15, 0.2) is 6.33 Å². The van der Waals surface area contributed by atoms with Gasteiger partial charge in [-0.15, -0.1) is 0 Å². The Kier molecular flexibility index (Phi) is 5.05. The van der Waals surface area contributed by atoms with Gasteiger partial charge in [0.05, 0.1) is 11.5 Å². The Bertz CT molecular complexity index is 402. The molecule has 8 heteroatoms. The second-order valence-corrected chi connectivity index (χ2v) is 3.68. The number of aromatic nitrogens is 2. The number of ether oxygens (including phenoxy) is 1. The molecule has 0 saturated carbocycles. The lowest BCUT2D eigenvalue weighted by Crippen LogP contribution is -2.23. The van der Waals surface area contributed by atoms with Crippen molar-refractivity contribution >= 4 is 23.1 Å². The van der Waals surface area contributed by atoms with Crippen molar-refractivity contribution in [1.29, 1.82) is 0 Å². The van der Waals surface area contributed by atoms with Crippen LogP contribution in [0, 0.1) is 10.1 Å². The van der Waals surface area contributed by atoms with Gasteiger partial charge in [-0.1, -0.05) is 11.6 Å². The lowest BCUT2D eigenvalue weighted by atomic mass is 10.3. The SMILES string of the molecule is CCOCC(C)Nc1ncnc(Cl)c1[N+](=O)[O-]. The largest absolute Gasteiger partial charge is 0.380 e. The molecule has 1 heterocycles. The summed E-state index contributed by atoms with van der Waals surface area (Å²) in [5.74, 6) is 0.0993. The van der Waals surface area contributed by atoms with Crippen molar-refractivity contribution in [3.8, 4) is 0 Å². The van der Waals surface area contributed by atoms with Crippen molar-refractivity contribution < 1.29 is 9.66 Å². The molecule has 1 aromatic rings. The second-order valence-electron chi connectivity index (χ2n) is 3.32. The van der Waals surface area contributed by atoms with E-state index in [1.807, 2.05) is 13.8 Å². The van der Waals surface area contributed by atoms with E-state index in [-0.39, 0.29) is 22.7 Å². The number of hydrogen-bond acceptors (Lipinski definition) is 6. The molecule has 1 N–H and O–H groups in total. The number of anilines is 1. The highest BCUT2D eigenvalue weighted by Crippen LogP contribution is 2.28. The van der Waals surface area contributed by atoms with Crippen molar-refractivity contribution in [3.05, 3.63) is 21.6 Å². The molecule has 1 atom stereocenters. The summed E-state index contributed by atoms with van der Waals surface area (Å²) in [4.78, 5) is 17.6. The average molecular weight is 261 g/mol. The van der Waals surface area contributed by atoms with Crippen LogP contribution < -0.4 is 5.32 Å². The molecule has 0 aliphatic carbocycles. The summed E-state index contributed by atoms with van der Waals surface area (Å²) in [6, 6.07) is -0.111. The van der Waals surface area contributed by atoms with Gasteiger partial charge in [-0.05, 0) is 13.8 Å². The van der Waals surface area contributed by atoms with Crippen LogP contribution >= 0.6 is 11.6 Å². The highest BCUT2D eigenvalue weighted by atomic mass is 35.5. The van der Waals surface area contributed by atoms with Gasteiger partial charge in [-0.3, -0.25) is 10.1 Å². The van der Waals surface area contributed by atoms with Crippen LogP contribution in [0.2, 0.25) is 5.15 Å². The first-order chi connectivity index (χ1) is 8.06. The van der Waals surface area contributed by atoms with Gasteiger partial charge in [0.2, 0.25) is 11.0 Å². The van der Waals surface area contributed by atoms with Crippen LogP contribution in [0.3, 0.4) is 0 Å². The summed E-state index contributed by atoms with van der Waals surface area (Å²) in [5, 5.41) is 13.5. The normalized spacial score (nSPS) is 12.2. The van der Waals surface area contributed by atoms with Crippen molar-refractivity contribution in [3.63, 3.8) is 0 Å². The number of rotatable bonds is 6. The van der Waals surface area contributed by atoms with Gasteiger partial charge in [0.25, 0.3) is 0 Å². The fraction of sp³-hybridized carbons (Fsp3) is 0.556. The molecular formula is C9H13ClN4O3. The second kappa shape index (κ2) is 6.31. The Hall–Kier alpha value is -1.47. The van der Waals surface area contributed by atoms with Crippen LogP contribution in [0.25, 0.3) is 0 Å². The third-order valence-corrected chi connectivity index (χ3v) is 2.19. The van der Waals surface area contributed by atoms with E-state index in [4.69, 9.17) is 16.3 Å². The van der Waals surface area contributed by atoms with Gasteiger partial charge < -0.3 is 10.1 Å². The molecule has 1 aromatic heterocycles. The molecule has 0 fully saturated rings. The van der Waals surface area contributed by atoms with Gasteiger partial charge in [-0.25, -0.2) is 9.97 Å². The summed E-state index contributed by atoms with van der Waals surface area (Å²) < 4.78 is 5.19. The fourth-order valence-electron chi connectivity index (χ4n) is 1.19. The van der Waals surface area contributed by atoms with E-state index in [0.717, 1.165) is 0 Å². The Morgan fingerprint density at radius 3 is 2.94 bits per heavy atom. The number of hydrogen-bond donors (Lipinski definition) is 1. The van der Waals surface area contributed by atoms with Crippen LogP contribution in [0.5, 0.6) is 0 Å². The van der Waals surface area contributed by atoms with E-state index in [1.54, 1.807) is 0 Å². The molecular weight excluding hydrogens is 248 g/mol. The molecule has 0 radical (unpaired) electrons. The third-order valence-electron chi connectivity index (χ3n) is 1.92. The topological polar surface area (TPSA) is 90.2 Å². The zero-order valence-electron chi connectivity index (χ0n) is 9.51. The minimum atomic E-state index is -0.613. The van der Waals surface area contributed by atoms with E-state index in [9.17, 15) is 10.1 Å². The van der Waals surface area contributed by atoms with Crippen molar-refractivity contribution in [2.75, 3.05) is 18.5 Å². The maximum atomic E-state index is 10.8. The molecule has 0 spiro atoms. The average Bonchev–Trinajstić information content (AvgIpc) is 2.25. The Balaban J connectivity index is 2.83. The highest BCUT2D eigenvalue weighted by molar-refractivity contribution is 6.31. The Morgan fingerprint density at radius 1 is 1.65 bits per heavy atom. The molecule has 0 aliphatic rings. The fourth-order valence-corrected chi connectivity index (χ4v) is 1.40. The van der Waals surface area contributed by atoms with E-state index in [2.05, 4.69) is 15.3 Å². The van der Waals surface area contributed by atoms with E-state index < -0.39 is 4.92 Å². The quantitative estimate of drug-likeness (QED) is 0.477. The first-order valence-electron chi connectivity index (χ1n) is 5.05. The molecule has 1 rings (SSSR count). The highest BCUT2D eigenvalue weighted by Gasteiger charge is 2.22. The summed E-state index contributed by atoms with van der Waals surface area (Å²) in [6.07, 6.45) is 1.17. The van der Waals surface area contributed by atoms with E-state index in [1.165, 1.54) is 6.33 Å². The molecule has 0 bridgehead atoms. The molecule has 0 aromatic carbocycles. The van der Waals surface area contributed by atoms with Gasteiger partial charge in [-0.2, -0.15) is 0 Å². The predicted molar refractivity (Wildman–Crippen MR) is 63.3 cm³/mol. The summed E-state index contributed by atoms with van der Waals surface area (Å²) in [6.45, 7) is 4.71. The number of nitrogens with zero attached hydrogens (tertiary/aromatic N) is 3. The monoisotopic (exact) mass is 260 g/mol. The van der Waals surface area contributed by atoms with Crippen LogP contribution in [-0.4, -0.2) is 34.1 Å².